The van der Waals surface area contributed by atoms with Gasteiger partial charge in [-0.1, -0.05) is 13.0 Å². The molecule has 0 aromatic heterocycles. The summed E-state index contributed by atoms with van der Waals surface area (Å²) in [6.45, 7) is 3.57. The van der Waals surface area contributed by atoms with E-state index >= 15 is 0 Å². The maximum absolute atomic E-state index is 11.5. The highest BCUT2D eigenvalue weighted by Crippen LogP contribution is 2.31. The lowest BCUT2D eigenvalue weighted by molar-refractivity contribution is 0.0976. The first-order chi connectivity index (χ1) is 6.57. The maximum atomic E-state index is 11.5. The van der Waals surface area contributed by atoms with E-state index in [0.29, 0.717) is 18.4 Å². The minimum absolute atomic E-state index is 0.0480. The summed E-state index contributed by atoms with van der Waals surface area (Å²) in [6, 6.07) is 3.01. The number of phenolic OH excluding ortho intramolecular Hbond substituents is 2. The number of carbonyl (C=O) groups excluding carboxylic acids is 1. The van der Waals surface area contributed by atoms with Gasteiger partial charge in [0.1, 0.15) is 17.1 Å². The molecule has 0 bridgehead atoms. The molecule has 0 unspecified atom stereocenters. The van der Waals surface area contributed by atoms with Gasteiger partial charge in [0.05, 0.1) is 0 Å². The number of hydrogen-bond acceptors (Lipinski definition) is 3. The Labute approximate surface area is 83.0 Å². The van der Waals surface area contributed by atoms with E-state index in [9.17, 15) is 15.0 Å². The van der Waals surface area contributed by atoms with Crippen molar-refractivity contribution in [3.05, 3.63) is 23.3 Å². The average molecular weight is 194 g/mol. The Morgan fingerprint density at radius 2 is 2.00 bits per heavy atom. The van der Waals surface area contributed by atoms with Crippen molar-refractivity contribution < 1.29 is 15.0 Å². The molecule has 0 atom stereocenters. The van der Waals surface area contributed by atoms with Crippen LogP contribution in [-0.4, -0.2) is 16.0 Å². The molecule has 0 aliphatic heterocycles. The van der Waals surface area contributed by atoms with Crippen LogP contribution in [0.25, 0.3) is 0 Å². The van der Waals surface area contributed by atoms with Crippen LogP contribution >= 0.6 is 0 Å². The zero-order chi connectivity index (χ0) is 10.7. The number of aromatic hydroxyl groups is 2. The fourth-order valence-corrected chi connectivity index (χ4v) is 1.31. The lowest BCUT2D eigenvalue weighted by Crippen LogP contribution is -2.00. The molecule has 0 amide bonds. The molecule has 2 N–H and O–H groups in total. The van der Waals surface area contributed by atoms with Gasteiger partial charge in [-0.3, -0.25) is 4.79 Å². The van der Waals surface area contributed by atoms with Crippen LogP contribution in [0.4, 0.5) is 0 Å². The Kier molecular flexibility index (Phi) is 3.12. The molecule has 1 rings (SSSR count). The van der Waals surface area contributed by atoms with Gasteiger partial charge in [-0.15, -0.1) is 0 Å². The van der Waals surface area contributed by atoms with Crippen LogP contribution < -0.4 is 0 Å². The first kappa shape index (κ1) is 10.6. The molecule has 0 heterocycles. The van der Waals surface area contributed by atoms with Crippen LogP contribution in [0.2, 0.25) is 0 Å². The van der Waals surface area contributed by atoms with Crippen molar-refractivity contribution in [3.63, 3.8) is 0 Å². The van der Waals surface area contributed by atoms with Crippen LogP contribution in [0, 0.1) is 6.92 Å². The van der Waals surface area contributed by atoms with Crippen molar-refractivity contribution in [1.29, 1.82) is 0 Å². The summed E-state index contributed by atoms with van der Waals surface area (Å²) in [5.41, 5.74) is 0.647. The summed E-state index contributed by atoms with van der Waals surface area (Å²) >= 11 is 0. The van der Waals surface area contributed by atoms with Crippen molar-refractivity contribution in [2.45, 2.75) is 26.7 Å². The highest BCUT2D eigenvalue weighted by atomic mass is 16.3. The van der Waals surface area contributed by atoms with Crippen molar-refractivity contribution >= 4 is 5.78 Å². The van der Waals surface area contributed by atoms with Crippen LogP contribution in [0.15, 0.2) is 12.1 Å². The van der Waals surface area contributed by atoms with E-state index < -0.39 is 0 Å². The van der Waals surface area contributed by atoms with E-state index in [2.05, 4.69) is 0 Å². The van der Waals surface area contributed by atoms with E-state index in [4.69, 9.17) is 0 Å². The minimum atomic E-state index is -0.216. The molecule has 76 valence electrons. The van der Waals surface area contributed by atoms with Gasteiger partial charge in [0.2, 0.25) is 0 Å². The number of benzene rings is 1. The number of hydrogen-bond donors (Lipinski definition) is 2. The summed E-state index contributed by atoms with van der Waals surface area (Å²) in [4.78, 5) is 11.5. The largest absolute Gasteiger partial charge is 0.507 e. The second kappa shape index (κ2) is 4.13. The molecule has 1 aromatic carbocycles. The van der Waals surface area contributed by atoms with E-state index in [1.165, 1.54) is 6.07 Å². The lowest BCUT2D eigenvalue weighted by atomic mass is 10.0. The summed E-state index contributed by atoms with van der Waals surface area (Å²) in [5.74, 6) is -0.471. The Bertz CT molecular complexity index is 356. The van der Waals surface area contributed by atoms with Gasteiger partial charge in [0.25, 0.3) is 0 Å². The van der Waals surface area contributed by atoms with E-state index in [0.717, 1.165) is 0 Å². The smallest absolute Gasteiger partial charge is 0.170 e. The number of carbonyl (C=O) groups is 1. The number of rotatable bonds is 3. The SMILES string of the molecule is CCCC(=O)c1c(O)ccc(C)c1O. The summed E-state index contributed by atoms with van der Waals surface area (Å²) in [5, 5.41) is 19.0. The van der Waals surface area contributed by atoms with E-state index in [1.807, 2.05) is 6.92 Å². The van der Waals surface area contributed by atoms with Gasteiger partial charge in [0, 0.05) is 6.42 Å². The molecule has 0 radical (unpaired) electrons. The molecule has 0 spiro atoms. The standard InChI is InChI=1S/C11H14O3/c1-3-4-8(12)10-9(13)6-5-7(2)11(10)14/h5-6,13-14H,3-4H2,1-2H3. The Balaban J connectivity index is 3.18. The van der Waals surface area contributed by atoms with E-state index in [1.54, 1.807) is 13.0 Å². The maximum Gasteiger partial charge on any atom is 0.170 e. The van der Waals surface area contributed by atoms with Gasteiger partial charge >= 0.3 is 0 Å². The zero-order valence-corrected chi connectivity index (χ0v) is 8.37. The van der Waals surface area contributed by atoms with Gasteiger partial charge in [0.15, 0.2) is 5.78 Å². The fourth-order valence-electron chi connectivity index (χ4n) is 1.31. The third-order valence-electron chi connectivity index (χ3n) is 2.11. The second-order valence-electron chi connectivity index (χ2n) is 3.30. The Hall–Kier alpha value is -1.51. The average Bonchev–Trinajstić information content (AvgIpc) is 2.13. The predicted molar refractivity (Wildman–Crippen MR) is 53.7 cm³/mol. The van der Waals surface area contributed by atoms with Crippen molar-refractivity contribution in [2.24, 2.45) is 0 Å². The third-order valence-corrected chi connectivity index (χ3v) is 2.11. The molecule has 0 saturated carbocycles. The summed E-state index contributed by atoms with van der Waals surface area (Å²) < 4.78 is 0. The first-order valence-corrected chi connectivity index (χ1v) is 4.62. The molecular weight excluding hydrogens is 180 g/mol. The molecule has 14 heavy (non-hydrogen) atoms. The predicted octanol–water partition coefficient (Wildman–Crippen LogP) is 2.39. The second-order valence-corrected chi connectivity index (χ2v) is 3.30. The first-order valence-electron chi connectivity index (χ1n) is 4.62. The molecule has 0 fully saturated rings. The Morgan fingerprint density at radius 1 is 1.36 bits per heavy atom. The van der Waals surface area contributed by atoms with Crippen molar-refractivity contribution in [3.8, 4) is 11.5 Å². The monoisotopic (exact) mass is 194 g/mol. The summed E-state index contributed by atoms with van der Waals surface area (Å²) in [6.07, 6.45) is 1.04. The van der Waals surface area contributed by atoms with Gasteiger partial charge < -0.3 is 10.2 Å². The zero-order valence-electron chi connectivity index (χ0n) is 8.37. The third kappa shape index (κ3) is 1.87. The van der Waals surface area contributed by atoms with Crippen LogP contribution in [0.1, 0.15) is 35.7 Å². The molecule has 3 heteroatoms. The van der Waals surface area contributed by atoms with Crippen molar-refractivity contribution in [2.75, 3.05) is 0 Å². The molecule has 0 saturated heterocycles. The van der Waals surface area contributed by atoms with Crippen LogP contribution in [0.5, 0.6) is 11.5 Å². The summed E-state index contributed by atoms with van der Waals surface area (Å²) in [7, 11) is 0. The minimum Gasteiger partial charge on any atom is -0.507 e. The fraction of sp³-hybridized carbons (Fsp3) is 0.364. The van der Waals surface area contributed by atoms with Gasteiger partial charge in [-0.2, -0.15) is 0 Å². The number of aryl methyl sites for hydroxylation is 1. The lowest BCUT2D eigenvalue weighted by Gasteiger charge is -2.07. The normalized spacial score (nSPS) is 10.1. The number of phenols is 2. The van der Waals surface area contributed by atoms with Crippen LogP contribution in [0.3, 0.4) is 0 Å². The topological polar surface area (TPSA) is 57.5 Å². The van der Waals surface area contributed by atoms with Gasteiger partial charge in [-0.25, -0.2) is 0 Å². The highest BCUT2D eigenvalue weighted by Gasteiger charge is 2.16. The van der Waals surface area contributed by atoms with Crippen LogP contribution in [-0.2, 0) is 0 Å². The number of Topliss-reactive ketones (excluding diaryl/α,β-unsaturated/α-hetero) is 1. The molecule has 0 aliphatic rings. The Morgan fingerprint density at radius 3 is 2.57 bits per heavy atom. The number of ketones is 1. The molecule has 3 nitrogen and oxygen atoms in total. The quantitative estimate of drug-likeness (QED) is 0.726. The molecule has 0 aliphatic carbocycles. The van der Waals surface area contributed by atoms with Crippen molar-refractivity contribution in [1.82, 2.24) is 0 Å². The molecular formula is C11H14O3. The van der Waals surface area contributed by atoms with Gasteiger partial charge in [-0.05, 0) is 25.0 Å². The van der Waals surface area contributed by atoms with E-state index in [-0.39, 0.29) is 22.8 Å². The molecule has 1 aromatic rings. The highest BCUT2D eigenvalue weighted by molar-refractivity contribution is 6.01.